The van der Waals surface area contributed by atoms with E-state index in [1.807, 2.05) is 23.6 Å². The molecule has 0 radical (unpaired) electrons. The summed E-state index contributed by atoms with van der Waals surface area (Å²) in [6.45, 7) is 6.46. The van der Waals surface area contributed by atoms with Crippen molar-refractivity contribution in [3.8, 4) is 0 Å². The second-order valence-corrected chi connectivity index (χ2v) is 9.36. The van der Waals surface area contributed by atoms with Crippen LogP contribution in [0.1, 0.15) is 11.3 Å². The molecule has 0 aromatic carbocycles. The quantitative estimate of drug-likeness (QED) is 0.716. The molecule has 0 N–H and O–H groups in total. The Morgan fingerprint density at radius 2 is 2.12 bits per heavy atom. The van der Waals surface area contributed by atoms with Crippen LogP contribution in [0.5, 0.6) is 0 Å². The summed E-state index contributed by atoms with van der Waals surface area (Å²) < 4.78 is 6.63. The summed E-state index contributed by atoms with van der Waals surface area (Å²) in [7, 11) is 2.15. The number of nitrogens with zero attached hydrogens (tertiary/aromatic N) is 5. The van der Waals surface area contributed by atoms with Crippen molar-refractivity contribution in [2.45, 2.75) is 19.0 Å². The van der Waals surface area contributed by atoms with Crippen molar-refractivity contribution in [2.75, 3.05) is 56.2 Å². The Labute approximate surface area is 166 Å². The molecule has 1 atom stereocenters. The zero-order valence-corrected chi connectivity index (χ0v) is 17.4. The van der Waals surface area contributed by atoms with Crippen molar-refractivity contribution in [3.63, 3.8) is 0 Å². The molecule has 4 rings (SSSR count). The highest BCUT2D eigenvalue weighted by Gasteiger charge is 2.27. The van der Waals surface area contributed by atoms with Gasteiger partial charge in [0.1, 0.15) is 5.82 Å². The Morgan fingerprint density at radius 1 is 1.27 bits per heavy atom. The number of hydrogen-bond donors (Lipinski definition) is 0. The van der Waals surface area contributed by atoms with Crippen molar-refractivity contribution < 1.29 is 4.74 Å². The molecule has 0 amide bonds. The summed E-state index contributed by atoms with van der Waals surface area (Å²) >= 11 is 5.38. The Hall–Kier alpha value is -1.22. The van der Waals surface area contributed by atoms with Gasteiger partial charge in [0.05, 0.1) is 17.0 Å². The molecule has 2 aliphatic heterocycles. The summed E-state index contributed by atoms with van der Waals surface area (Å²) in [5, 5.41) is 0. The highest BCUT2D eigenvalue weighted by Crippen LogP contribution is 2.26. The topological polar surface area (TPSA) is 44.7 Å². The molecule has 0 aliphatic carbocycles. The van der Waals surface area contributed by atoms with E-state index in [1.54, 1.807) is 0 Å². The van der Waals surface area contributed by atoms with Crippen molar-refractivity contribution in [2.24, 2.45) is 0 Å². The van der Waals surface area contributed by atoms with Gasteiger partial charge in [0, 0.05) is 56.9 Å². The first-order chi connectivity index (χ1) is 12.7. The zero-order valence-electron chi connectivity index (χ0n) is 15.0. The fraction of sp³-hybridized carbons (Fsp3) is 0.556. The molecule has 2 aromatic heterocycles. The van der Waals surface area contributed by atoms with Crippen molar-refractivity contribution in [3.05, 3.63) is 33.1 Å². The van der Waals surface area contributed by atoms with E-state index < -0.39 is 0 Å². The number of anilines is 2. The summed E-state index contributed by atoms with van der Waals surface area (Å²) in [4.78, 5) is 17.7. The van der Waals surface area contributed by atoms with Crippen molar-refractivity contribution in [1.82, 2.24) is 14.9 Å². The number of likely N-dealkylation sites (N-methyl/N-ethyl adjacent to an activating group) is 1. The number of likely N-dealkylation sites (tertiary alicyclic amines) is 1. The van der Waals surface area contributed by atoms with Gasteiger partial charge in [-0.25, -0.2) is 4.98 Å². The van der Waals surface area contributed by atoms with E-state index in [2.05, 4.69) is 54.8 Å². The van der Waals surface area contributed by atoms with Gasteiger partial charge in [-0.3, -0.25) is 4.90 Å². The SMILES string of the molecule is CN(c1ccnc(N2CCOCC2)n1)C1CCN(Cc2ccc(Br)s2)C1. The maximum absolute atomic E-state index is 5.43. The van der Waals surface area contributed by atoms with Crippen LogP contribution in [0.25, 0.3) is 0 Å². The number of hydrogen-bond acceptors (Lipinski definition) is 7. The van der Waals surface area contributed by atoms with Gasteiger partial charge in [-0.05, 0) is 40.5 Å². The van der Waals surface area contributed by atoms with Crippen LogP contribution in [0.3, 0.4) is 0 Å². The van der Waals surface area contributed by atoms with Crippen LogP contribution >= 0.6 is 27.3 Å². The molecule has 8 heteroatoms. The lowest BCUT2D eigenvalue weighted by Gasteiger charge is -2.29. The van der Waals surface area contributed by atoms with Crippen LogP contribution in [0.15, 0.2) is 28.2 Å². The molecule has 1 unspecified atom stereocenters. The molecule has 140 valence electrons. The van der Waals surface area contributed by atoms with Gasteiger partial charge in [-0.2, -0.15) is 4.98 Å². The van der Waals surface area contributed by atoms with E-state index >= 15 is 0 Å². The minimum absolute atomic E-state index is 0.492. The molecule has 0 bridgehead atoms. The minimum Gasteiger partial charge on any atom is -0.378 e. The first-order valence-corrected chi connectivity index (χ1v) is 10.6. The van der Waals surface area contributed by atoms with Gasteiger partial charge in [-0.15, -0.1) is 11.3 Å². The second kappa shape index (κ2) is 8.21. The lowest BCUT2D eigenvalue weighted by atomic mass is 10.2. The molecule has 2 aromatic rings. The second-order valence-electron chi connectivity index (χ2n) is 6.81. The third kappa shape index (κ3) is 4.19. The van der Waals surface area contributed by atoms with Crippen molar-refractivity contribution in [1.29, 1.82) is 0 Å². The fourth-order valence-corrected chi connectivity index (χ4v) is 5.09. The highest BCUT2D eigenvalue weighted by molar-refractivity contribution is 9.11. The third-order valence-corrected chi connectivity index (χ3v) is 6.70. The van der Waals surface area contributed by atoms with E-state index in [9.17, 15) is 0 Å². The van der Waals surface area contributed by atoms with E-state index in [-0.39, 0.29) is 0 Å². The van der Waals surface area contributed by atoms with E-state index in [0.717, 1.165) is 57.7 Å². The monoisotopic (exact) mass is 437 g/mol. The predicted molar refractivity (Wildman–Crippen MR) is 109 cm³/mol. The molecule has 26 heavy (non-hydrogen) atoms. The molecule has 2 fully saturated rings. The number of thiophene rings is 1. The number of aromatic nitrogens is 2. The van der Waals surface area contributed by atoms with Gasteiger partial charge >= 0.3 is 0 Å². The molecule has 2 saturated heterocycles. The van der Waals surface area contributed by atoms with Crippen molar-refractivity contribution >= 4 is 39.0 Å². The average molecular weight is 438 g/mol. The zero-order chi connectivity index (χ0) is 17.9. The van der Waals surface area contributed by atoms with E-state index in [4.69, 9.17) is 9.72 Å². The summed E-state index contributed by atoms with van der Waals surface area (Å²) in [6.07, 6.45) is 3.04. The first-order valence-electron chi connectivity index (χ1n) is 9.04. The molecule has 0 spiro atoms. The standard InChI is InChI=1S/C18H24BrN5OS/c1-22(14-5-7-23(12-14)13-15-2-3-16(19)26-15)17-4-6-20-18(21-17)24-8-10-25-11-9-24/h2-4,6,14H,5,7-13H2,1H3. The lowest BCUT2D eigenvalue weighted by molar-refractivity contribution is 0.122. The predicted octanol–water partition coefficient (Wildman–Crippen LogP) is 2.85. The smallest absolute Gasteiger partial charge is 0.227 e. The molecular formula is C18H24BrN5OS. The number of morpholine rings is 1. The Kier molecular flexibility index (Phi) is 5.73. The molecule has 2 aliphatic rings. The summed E-state index contributed by atoms with van der Waals surface area (Å²) in [5.41, 5.74) is 0. The Bertz CT molecular complexity index is 736. The average Bonchev–Trinajstić information content (AvgIpc) is 3.31. The number of rotatable bonds is 5. The largest absolute Gasteiger partial charge is 0.378 e. The van der Waals surface area contributed by atoms with Crippen LogP contribution in [0, 0.1) is 0 Å². The molecule has 6 nitrogen and oxygen atoms in total. The maximum atomic E-state index is 5.43. The molecule has 4 heterocycles. The lowest BCUT2D eigenvalue weighted by Crippen LogP contribution is -2.38. The third-order valence-electron chi connectivity index (χ3n) is 5.09. The molecule has 0 saturated carbocycles. The normalized spacial score (nSPS) is 21.3. The fourth-order valence-electron chi connectivity index (χ4n) is 3.57. The number of ether oxygens (including phenoxy) is 1. The van der Waals surface area contributed by atoms with E-state index in [0.29, 0.717) is 6.04 Å². The summed E-state index contributed by atoms with van der Waals surface area (Å²) in [5.74, 6) is 1.82. The minimum atomic E-state index is 0.492. The van der Waals surface area contributed by atoms with Crippen LogP contribution in [-0.4, -0.2) is 67.4 Å². The van der Waals surface area contributed by atoms with Crippen LogP contribution < -0.4 is 9.80 Å². The number of halogens is 1. The van der Waals surface area contributed by atoms with Gasteiger partial charge in [-0.1, -0.05) is 0 Å². The van der Waals surface area contributed by atoms with Gasteiger partial charge in [0.2, 0.25) is 5.95 Å². The first kappa shape index (κ1) is 18.2. The van der Waals surface area contributed by atoms with Crippen LogP contribution in [-0.2, 0) is 11.3 Å². The Balaban J connectivity index is 1.39. The Morgan fingerprint density at radius 3 is 2.88 bits per heavy atom. The van der Waals surface area contributed by atoms with Gasteiger partial charge < -0.3 is 14.5 Å². The van der Waals surface area contributed by atoms with Gasteiger partial charge in [0.25, 0.3) is 0 Å². The van der Waals surface area contributed by atoms with Crippen LogP contribution in [0.2, 0.25) is 0 Å². The highest BCUT2D eigenvalue weighted by atomic mass is 79.9. The van der Waals surface area contributed by atoms with E-state index in [1.165, 1.54) is 15.1 Å². The maximum Gasteiger partial charge on any atom is 0.227 e. The molecular weight excluding hydrogens is 414 g/mol. The van der Waals surface area contributed by atoms with Gasteiger partial charge in [0.15, 0.2) is 0 Å². The summed E-state index contributed by atoms with van der Waals surface area (Å²) in [6, 6.07) is 6.85. The van der Waals surface area contributed by atoms with Crippen LogP contribution in [0.4, 0.5) is 11.8 Å².